The maximum atomic E-state index is 2.42. The molecule has 0 radical (unpaired) electrons. The molecule has 0 saturated heterocycles. The van der Waals surface area contributed by atoms with Crippen molar-refractivity contribution in [3.05, 3.63) is 366 Å². The molecule has 0 unspecified atom stereocenters. The van der Waals surface area contributed by atoms with Crippen molar-refractivity contribution in [3.8, 4) is 33.4 Å². The normalized spacial score (nSPS) is 12.6. The van der Waals surface area contributed by atoms with Gasteiger partial charge in [0.1, 0.15) is 0 Å². The second kappa shape index (κ2) is 24.2. The zero-order valence-electron chi connectivity index (χ0n) is 55.9. The van der Waals surface area contributed by atoms with Crippen molar-refractivity contribution in [1.82, 2.24) is 0 Å². The molecular formula is C92H79N3. The number of anilines is 9. The minimum absolute atomic E-state index is 0.0504. The Labute approximate surface area is 561 Å². The molecule has 0 heterocycles. The van der Waals surface area contributed by atoms with Crippen molar-refractivity contribution in [2.75, 3.05) is 14.7 Å². The summed E-state index contributed by atoms with van der Waals surface area (Å²) in [5.74, 6) is 0. The van der Waals surface area contributed by atoms with Gasteiger partial charge in [0.2, 0.25) is 0 Å². The molecule has 0 fully saturated rings. The first-order valence-electron chi connectivity index (χ1n) is 33.4. The van der Waals surface area contributed by atoms with Crippen LogP contribution in [0.4, 0.5) is 51.2 Å². The smallest absolute Gasteiger partial charge is 0.0713 e. The number of hydrogen-bond acceptors (Lipinski definition) is 3. The van der Waals surface area contributed by atoms with Gasteiger partial charge in [-0.1, -0.05) is 264 Å². The fraction of sp³-hybridized carbons (Fsp3) is 0.130. The van der Waals surface area contributed by atoms with Gasteiger partial charge in [-0.05, 0) is 229 Å². The maximum Gasteiger partial charge on any atom is 0.0713 e. The fourth-order valence-corrected chi connectivity index (χ4v) is 14.4. The highest BCUT2D eigenvalue weighted by molar-refractivity contribution is 5.93. The number of hydrogen-bond donors (Lipinski definition) is 0. The summed E-state index contributed by atoms with van der Waals surface area (Å²) in [6.07, 6.45) is 0. The van der Waals surface area contributed by atoms with E-state index in [1.165, 1.54) is 82.7 Å². The third kappa shape index (κ3) is 11.4. The second-order valence-corrected chi connectivity index (χ2v) is 28.1. The van der Waals surface area contributed by atoms with Gasteiger partial charge in [0.05, 0.1) is 5.41 Å². The van der Waals surface area contributed by atoms with Crippen LogP contribution in [0.2, 0.25) is 0 Å². The predicted octanol–water partition coefficient (Wildman–Crippen LogP) is 25.6. The molecule has 1 aliphatic carbocycles. The number of benzene rings is 14. The van der Waals surface area contributed by atoms with Gasteiger partial charge >= 0.3 is 0 Å². The summed E-state index contributed by atoms with van der Waals surface area (Å²) in [6, 6.07) is 118. The van der Waals surface area contributed by atoms with E-state index in [1.807, 2.05) is 0 Å². The SMILES string of the molecule is Cc1ccc(C2(c3ccc(N(c4ccc(-c5ccc(N(c6ccc(C(C)(C)C)cc6)c6ccc7ccccc7c6)cc5)cc4)c4ccc(-c5ccc(N(c6ccc(C(C)(C)C)cc6)c6ccc7ccccc7c6)cc5)cc4)cc3)c3cc(C)ccc3-c3ccc(C)cc32)cc1. The Morgan fingerprint density at radius 3 is 0.821 bits per heavy atom. The van der Waals surface area contributed by atoms with Crippen LogP contribution in [-0.4, -0.2) is 0 Å². The Bertz CT molecular complexity index is 4830. The third-order valence-corrected chi connectivity index (χ3v) is 19.6. The average molecular weight is 1230 g/mol. The molecule has 0 aliphatic heterocycles. The van der Waals surface area contributed by atoms with E-state index < -0.39 is 5.41 Å². The Morgan fingerprint density at radius 1 is 0.232 bits per heavy atom. The Morgan fingerprint density at radius 2 is 0.495 bits per heavy atom. The van der Waals surface area contributed by atoms with Crippen LogP contribution in [0.5, 0.6) is 0 Å². The van der Waals surface area contributed by atoms with Gasteiger partial charge in [0, 0.05) is 51.2 Å². The lowest BCUT2D eigenvalue weighted by Gasteiger charge is -2.35. The molecule has 462 valence electrons. The van der Waals surface area contributed by atoms with Crippen LogP contribution >= 0.6 is 0 Å². The largest absolute Gasteiger partial charge is 0.311 e. The minimum Gasteiger partial charge on any atom is -0.311 e. The number of aryl methyl sites for hydroxylation is 3. The van der Waals surface area contributed by atoms with Crippen LogP contribution in [0.15, 0.2) is 315 Å². The second-order valence-electron chi connectivity index (χ2n) is 28.1. The maximum absolute atomic E-state index is 2.42. The Hall–Kier alpha value is -11.0. The average Bonchev–Trinajstić information content (AvgIpc) is 1.54. The van der Waals surface area contributed by atoms with Crippen LogP contribution in [0.3, 0.4) is 0 Å². The molecule has 14 aromatic rings. The zero-order chi connectivity index (χ0) is 65.2. The lowest BCUT2D eigenvalue weighted by molar-refractivity contribution is 0.590. The molecule has 1 aliphatic rings. The summed E-state index contributed by atoms with van der Waals surface area (Å²) >= 11 is 0. The molecule has 0 saturated carbocycles. The van der Waals surface area contributed by atoms with Gasteiger partial charge in [0.15, 0.2) is 0 Å². The van der Waals surface area contributed by atoms with Crippen LogP contribution in [0, 0.1) is 20.8 Å². The van der Waals surface area contributed by atoms with Gasteiger partial charge in [0.25, 0.3) is 0 Å². The van der Waals surface area contributed by atoms with Crippen molar-refractivity contribution in [2.45, 2.75) is 78.6 Å². The summed E-state index contributed by atoms with van der Waals surface area (Å²) in [5.41, 5.74) is 28.2. The highest BCUT2D eigenvalue weighted by Gasteiger charge is 2.46. The Kier molecular flexibility index (Phi) is 15.3. The van der Waals surface area contributed by atoms with Gasteiger partial charge in [-0.2, -0.15) is 0 Å². The summed E-state index contributed by atoms with van der Waals surface area (Å²) < 4.78 is 0. The minimum atomic E-state index is -0.527. The third-order valence-electron chi connectivity index (χ3n) is 19.6. The molecule has 3 nitrogen and oxygen atoms in total. The van der Waals surface area contributed by atoms with E-state index in [0.717, 1.165) is 73.4 Å². The molecular weight excluding hydrogens is 1150 g/mol. The first-order valence-corrected chi connectivity index (χ1v) is 33.4. The van der Waals surface area contributed by atoms with Crippen LogP contribution in [0.25, 0.3) is 54.9 Å². The number of fused-ring (bicyclic) bond motifs is 5. The molecule has 0 aromatic heterocycles. The highest BCUT2D eigenvalue weighted by atomic mass is 15.2. The first-order chi connectivity index (χ1) is 46.0. The van der Waals surface area contributed by atoms with Gasteiger partial charge in [-0.15, -0.1) is 0 Å². The van der Waals surface area contributed by atoms with Crippen molar-refractivity contribution >= 4 is 72.7 Å². The van der Waals surface area contributed by atoms with E-state index in [-0.39, 0.29) is 10.8 Å². The molecule has 0 N–H and O–H groups in total. The van der Waals surface area contributed by atoms with Crippen molar-refractivity contribution < 1.29 is 0 Å². The van der Waals surface area contributed by atoms with E-state index in [1.54, 1.807) is 0 Å². The molecule has 0 bridgehead atoms. The van der Waals surface area contributed by atoms with E-state index in [9.17, 15) is 0 Å². The van der Waals surface area contributed by atoms with E-state index in [2.05, 4.69) is 392 Å². The van der Waals surface area contributed by atoms with Crippen LogP contribution in [-0.2, 0) is 16.2 Å². The quantitative estimate of drug-likeness (QED) is 0.114. The molecule has 0 amide bonds. The zero-order valence-corrected chi connectivity index (χ0v) is 55.9. The molecule has 0 atom stereocenters. The molecule has 95 heavy (non-hydrogen) atoms. The monoisotopic (exact) mass is 1230 g/mol. The van der Waals surface area contributed by atoms with Crippen LogP contribution in [0.1, 0.15) is 91.6 Å². The lowest BCUT2D eigenvalue weighted by atomic mass is 9.67. The van der Waals surface area contributed by atoms with Gasteiger partial charge in [-0.3, -0.25) is 0 Å². The summed E-state index contributed by atoms with van der Waals surface area (Å²) in [7, 11) is 0. The first kappa shape index (κ1) is 60.3. The Balaban J connectivity index is 0.798. The van der Waals surface area contributed by atoms with Gasteiger partial charge < -0.3 is 14.7 Å². The topological polar surface area (TPSA) is 9.72 Å². The fourth-order valence-electron chi connectivity index (χ4n) is 14.4. The summed E-state index contributed by atoms with van der Waals surface area (Å²) in [6.45, 7) is 20.3. The van der Waals surface area contributed by atoms with Crippen LogP contribution < -0.4 is 14.7 Å². The molecule has 0 spiro atoms. The van der Waals surface area contributed by atoms with E-state index >= 15 is 0 Å². The number of rotatable bonds is 13. The molecule has 15 rings (SSSR count). The highest BCUT2D eigenvalue weighted by Crippen LogP contribution is 2.57. The lowest BCUT2D eigenvalue weighted by Crippen LogP contribution is -2.29. The van der Waals surface area contributed by atoms with Gasteiger partial charge in [-0.25, -0.2) is 0 Å². The van der Waals surface area contributed by atoms with Crippen molar-refractivity contribution in [1.29, 1.82) is 0 Å². The van der Waals surface area contributed by atoms with Crippen molar-refractivity contribution in [3.63, 3.8) is 0 Å². The number of nitrogens with zero attached hydrogens (tertiary/aromatic N) is 3. The molecule has 3 heteroatoms. The standard InChI is InChI=1S/C92H79N3/c1-62-18-32-75(33-19-62)92(88-58-63(2)20-56-86(88)87-57-21-64(3)59-89(87)92)76-38-54-81(55-39-76)93(77-40-22-67(23-41-77)69-26-44-79(45-27-69)94(82-50-34-73(35-51-82)90(4,5)6)84-48-30-65-14-10-12-16-71(65)60-84)78-42-24-68(25-43-78)70-28-46-80(47-29-70)95(83-52-36-74(37-53-83)91(7,8)9)85-49-31-66-15-11-13-17-72(66)61-85/h10-61H,1-9H3. The molecule has 14 aromatic carbocycles. The van der Waals surface area contributed by atoms with E-state index in [0.29, 0.717) is 0 Å². The van der Waals surface area contributed by atoms with E-state index in [4.69, 9.17) is 0 Å². The predicted molar refractivity (Wildman–Crippen MR) is 405 cm³/mol. The summed E-state index contributed by atoms with van der Waals surface area (Å²) in [5, 5.41) is 4.88. The van der Waals surface area contributed by atoms with Crippen molar-refractivity contribution in [2.24, 2.45) is 0 Å². The summed E-state index contributed by atoms with van der Waals surface area (Å²) in [4.78, 5) is 7.16.